The summed E-state index contributed by atoms with van der Waals surface area (Å²) >= 11 is 0. The van der Waals surface area contributed by atoms with Crippen LogP contribution in [0.1, 0.15) is 67.2 Å². The number of hydrogen-bond acceptors (Lipinski definition) is 1. The fourth-order valence-corrected chi connectivity index (χ4v) is 4.75. The van der Waals surface area contributed by atoms with Crippen LogP contribution in [-0.2, 0) is 19.3 Å². The molecule has 0 radical (unpaired) electrons. The van der Waals surface area contributed by atoms with Crippen molar-refractivity contribution in [2.75, 3.05) is 0 Å². The van der Waals surface area contributed by atoms with Crippen LogP contribution in [0.5, 0.6) is 5.75 Å². The molecule has 0 amide bonds. The number of halogens is 3. The summed E-state index contributed by atoms with van der Waals surface area (Å²) in [5, 5.41) is 1.09. The Hall–Kier alpha value is -2.43. The van der Waals surface area contributed by atoms with Crippen LogP contribution in [-0.4, -0.2) is 4.57 Å². The number of rotatable bonds is 6. The molecule has 1 aromatic heterocycles. The lowest BCUT2D eigenvalue weighted by molar-refractivity contribution is -0.138. The molecule has 0 bridgehead atoms. The van der Waals surface area contributed by atoms with Gasteiger partial charge in [-0.25, -0.2) is 0 Å². The molecular weight excluding hydrogens is 387 g/mol. The first-order chi connectivity index (χ1) is 14.4. The fourth-order valence-electron chi connectivity index (χ4n) is 4.75. The fraction of sp³-hybridized carbons (Fsp3) is 0.440. The van der Waals surface area contributed by atoms with Crippen molar-refractivity contribution in [3.8, 4) is 5.75 Å². The van der Waals surface area contributed by atoms with Crippen LogP contribution in [0.25, 0.3) is 10.9 Å². The van der Waals surface area contributed by atoms with Gasteiger partial charge in [0.15, 0.2) is 0 Å². The highest BCUT2D eigenvalue weighted by Gasteiger charge is 2.36. The largest absolute Gasteiger partial charge is 0.489 e. The minimum Gasteiger partial charge on any atom is -0.489 e. The van der Waals surface area contributed by atoms with E-state index in [2.05, 4.69) is 23.8 Å². The molecule has 2 aromatic carbocycles. The van der Waals surface area contributed by atoms with E-state index in [-0.39, 0.29) is 12.5 Å². The summed E-state index contributed by atoms with van der Waals surface area (Å²) in [5.41, 5.74) is 2.78. The van der Waals surface area contributed by atoms with Crippen molar-refractivity contribution in [2.24, 2.45) is 0 Å². The number of hydrogen-bond donors (Lipinski definition) is 0. The Bertz CT molecular complexity index is 1030. The number of alkyl halides is 3. The molecule has 0 N–H and O–H groups in total. The van der Waals surface area contributed by atoms with Gasteiger partial charge in [-0.05, 0) is 73.1 Å². The Balaban J connectivity index is 1.56. The number of aromatic nitrogens is 1. The molecular formula is C25H28F3NO. The monoisotopic (exact) mass is 415 g/mol. The maximum Gasteiger partial charge on any atom is 0.416 e. The van der Waals surface area contributed by atoms with Crippen molar-refractivity contribution >= 4 is 10.9 Å². The van der Waals surface area contributed by atoms with E-state index >= 15 is 0 Å². The average Bonchev–Trinajstić information content (AvgIpc) is 3.36. The lowest BCUT2D eigenvalue weighted by Gasteiger charge is -2.19. The molecule has 30 heavy (non-hydrogen) atoms. The lowest BCUT2D eigenvalue weighted by atomic mass is 9.91. The first-order valence-electron chi connectivity index (χ1n) is 10.8. The molecule has 1 aliphatic carbocycles. The molecule has 1 heterocycles. The first-order valence-corrected chi connectivity index (χ1v) is 10.8. The van der Waals surface area contributed by atoms with Crippen molar-refractivity contribution < 1.29 is 17.9 Å². The zero-order valence-electron chi connectivity index (χ0n) is 17.6. The maximum atomic E-state index is 13.7. The molecule has 1 saturated carbocycles. The zero-order valence-corrected chi connectivity index (χ0v) is 17.6. The molecule has 0 atom stereocenters. The summed E-state index contributed by atoms with van der Waals surface area (Å²) in [4.78, 5) is 0. The van der Waals surface area contributed by atoms with Crippen molar-refractivity contribution in [3.05, 3.63) is 64.8 Å². The molecule has 1 aliphatic rings. The van der Waals surface area contributed by atoms with Gasteiger partial charge in [0.25, 0.3) is 0 Å². The predicted octanol–water partition coefficient (Wildman–Crippen LogP) is 7.62. The van der Waals surface area contributed by atoms with Gasteiger partial charge in [-0.3, -0.25) is 0 Å². The Kier molecular flexibility index (Phi) is 5.81. The molecule has 3 aromatic rings. The Morgan fingerprint density at radius 2 is 1.83 bits per heavy atom. The van der Waals surface area contributed by atoms with E-state index in [9.17, 15) is 13.2 Å². The summed E-state index contributed by atoms with van der Waals surface area (Å²) in [6, 6.07) is 10.7. The van der Waals surface area contributed by atoms with Gasteiger partial charge in [0, 0.05) is 18.1 Å². The molecule has 160 valence electrons. The smallest absolute Gasteiger partial charge is 0.416 e. The van der Waals surface area contributed by atoms with Gasteiger partial charge in [0.2, 0.25) is 0 Å². The molecule has 5 heteroatoms. The number of nitrogens with zero attached hydrogens (tertiary/aromatic N) is 1. The molecule has 2 nitrogen and oxygen atoms in total. The van der Waals surface area contributed by atoms with E-state index in [0.29, 0.717) is 16.9 Å². The number of benzene rings is 2. The van der Waals surface area contributed by atoms with E-state index < -0.39 is 11.7 Å². The van der Waals surface area contributed by atoms with Gasteiger partial charge in [-0.1, -0.05) is 31.9 Å². The van der Waals surface area contributed by atoms with Crippen LogP contribution in [0, 0.1) is 6.92 Å². The maximum absolute atomic E-state index is 13.7. The van der Waals surface area contributed by atoms with Crippen LogP contribution in [0.2, 0.25) is 0 Å². The Morgan fingerprint density at radius 1 is 1.07 bits per heavy atom. The third-order valence-corrected chi connectivity index (χ3v) is 6.11. The van der Waals surface area contributed by atoms with E-state index in [1.165, 1.54) is 11.6 Å². The third-order valence-electron chi connectivity index (χ3n) is 6.11. The van der Waals surface area contributed by atoms with Crippen molar-refractivity contribution in [3.63, 3.8) is 0 Å². The highest BCUT2D eigenvalue weighted by molar-refractivity contribution is 5.84. The second-order valence-electron chi connectivity index (χ2n) is 8.38. The highest BCUT2D eigenvalue weighted by Crippen LogP contribution is 2.42. The molecule has 0 unspecified atom stereocenters. The Labute approximate surface area is 175 Å². The predicted molar refractivity (Wildman–Crippen MR) is 114 cm³/mol. The minimum atomic E-state index is -4.34. The summed E-state index contributed by atoms with van der Waals surface area (Å²) < 4.78 is 49.2. The van der Waals surface area contributed by atoms with Gasteiger partial charge in [-0.15, -0.1) is 0 Å². The van der Waals surface area contributed by atoms with Gasteiger partial charge in [0.1, 0.15) is 12.4 Å². The lowest BCUT2D eigenvalue weighted by Crippen LogP contribution is -2.12. The van der Waals surface area contributed by atoms with Crippen LogP contribution in [0.4, 0.5) is 13.2 Å². The third kappa shape index (κ3) is 4.21. The van der Waals surface area contributed by atoms with Crippen LogP contribution < -0.4 is 4.74 Å². The van der Waals surface area contributed by atoms with E-state index in [1.807, 2.05) is 19.1 Å². The van der Waals surface area contributed by atoms with Crippen molar-refractivity contribution in [2.45, 2.75) is 71.2 Å². The number of ether oxygens (including phenoxy) is 1. The summed E-state index contributed by atoms with van der Waals surface area (Å²) in [6.07, 6.45) is 2.49. The van der Waals surface area contributed by atoms with Gasteiger partial charge < -0.3 is 9.30 Å². The second kappa shape index (κ2) is 8.37. The summed E-state index contributed by atoms with van der Waals surface area (Å²) in [7, 11) is 0. The number of fused-ring (bicyclic) bond motifs is 1. The van der Waals surface area contributed by atoms with E-state index in [0.717, 1.165) is 49.6 Å². The molecule has 4 rings (SSSR count). The van der Waals surface area contributed by atoms with E-state index in [4.69, 9.17) is 4.74 Å². The second-order valence-corrected chi connectivity index (χ2v) is 8.38. The summed E-state index contributed by atoms with van der Waals surface area (Å²) in [6.45, 7) is 5.26. The zero-order chi connectivity index (χ0) is 21.3. The Morgan fingerprint density at radius 3 is 2.53 bits per heavy atom. The average molecular weight is 415 g/mol. The van der Waals surface area contributed by atoms with Crippen molar-refractivity contribution in [1.82, 2.24) is 4.57 Å². The SMILES string of the molecule is CCCn1ccc2cc(OCc3ccc(C4CCCC4)c(C(F)(F)F)c3)cc(C)c21. The normalized spacial score (nSPS) is 15.2. The van der Waals surface area contributed by atoms with Gasteiger partial charge >= 0.3 is 6.18 Å². The topological polar surface area (TPSA) is 14.2 Å². The van der Waals surface area contributed by atoms with Crippen LogP contribution in [0.3, 0.4) is 0 Å². The van der Waals surface area contributed by atoms with Crippen molar-refractivity contribution in [1.29, 1.82) is 0 Å². The van der Waals surface area contributed by atoms with Crippen LogP contribution >= 0.6 is 0 Å². The molecule has 0 spiro atoms. The first kappa shape index (κ1) is 20.8. The number of aryl methyl sites for hydroxylation is 2. The highest BCUT2D eigenvalue weighted by atomic mass is 19.4. The molecule has 0 aliphatic heterocycles. The summed E-state index contributed by atoms with van der Waals surface area (Å²) in [5.74, 6) is 0.705. The van der Waals surface area contributed by atoms with Gasteiger partial charge in [0.05, 0.1) is 11.1 Å². The van der Waals surface area contributed by atoms with Crippen LogP contribution in [0.15, 0.2) is 42.6 Å². The molecule has 0 saturated heterocycles. The quantitative estimate of drug-likeness (QED) is 0.404. The standard InChI is InChI=1S/C25H28F3NO/c1-3-11-29-12-10-20-15-21(13-17(2)24(20)29)30-16-18-8-9-22(19-6-4-5-7-19)23(14-18)25(26,27)28/h8-10,12-15,19H,3-7,11,16H2,1-2H3. The molecule has 1 fully saturated rings. The van der Waals surface area contributed by atoms with E-state index in [1.54, 1.807) is 12.1 Å². The minimum absolute atomic E-state index is 0.0220. The van der Waals surface area contributed by atoms with Gasteiger partial charge in [-0.2, -0.15) is 13.2 Å².